The van der Waals surface area contributed by atoms with Gasteiger partial charge in [-0.05, 0) is 95.6 Å². The number of hydrogen-bond donors (Lipinski definition) is 0. The van der Waals surface area contributed by atoms with Crippen LogP contribution in [-0.2, 0) is 10.8 Å². The number of allylic oxidation sites excluding steroid dienone is 8. The molecule has 1 aliphatic carbocycles. The average Bonchev–Trinajstić information content (AvgIpc) is 3.12. The van der Waals surface area contributed by atoms with Crippen molar-refractivity contribution in [2.24, 2.45) is 0 Å². The van der Waals surface area contributed by atoms with Gasteiger partial charge in [0.1, 0.15) is 6.54 Å². The minimum absolute atomic E-state index is 0.0293. The number of fused-ring (bicyclic) bond motifs is 1. The molecule has 212 valence electrons. The molecule has 2 aromatic carbocycles. The van der Waals surface area contributed by atoms with Crippen molar-refractivity contribution in [3.8, 4) is 0 Å². The molecule has 2 aliphatic rings. The number of hydrogen-bond acceptors (Lipinski definition) is 0. The second-order valence-electron chi connectivity index (χ2n) is 12.9. The molecule has 0 bridgehead atoms. The van der Waals surface area contributed by atoms with Crippen molar-refractivity contribution in [1.29, 1.82) is 0 Å². The van der Waals surface area contributed by atoms with E-state index in [-0.39, 0.29) is 10.8 Å². The summed E-state index contributed by atoms with van der Waals surface area (Å²) in [5, 5.41) is 0.937. The first-order chi connectivity index (χ1) is 18.9. The third kappa shape index (κ3) is 5.87. The van der Waals surface area contributed by atoms with Gasteiger partial charge in [0.05, 0.1) is 5.41 Å². The third-order valence-corrected chi connectivity index (χ3v) is 9.62. The van der Waals surface area contributed by atoms with Crippen LogP contribution in [-0.4, -0.2) is 16.8 Å². The lowest BCUT2D eigenvalue weighted by Gasteiger charge is -2.31. The molecular weight excluding hydrogens is 506 g/mol. The van der Waals surface area contributed by atoms with Crippen LogP contribution in [0.1, 0.15) is 101 Å². The van der Waals surface area contributed by atoms with Crippen molar-refractivity contribution < 1.29 is 4.58 Å². The summed E-state index contributed by atoms with van der Waals surface area (Å²) in [6, 6.07) is 13.7. The predicted octanol–water partition coefficient (Wildman–Crippen LogP) is 10.9. The first-order valence-electron chi connectivity index (χ1n) is 15.2. The zero-order valence-corrected chi connectivity index (χ0v) is 27.1. The van der Waals surface area contributed by atoms with Gasteiger partial charge in [-0.15, -0.1) is 0 Å². The third-order valence-electron chi connectivity index (χ3n) is 9.14. The van der Waals surface area contributed by atoms with Crippen LogP contribution in [0.25, 0.3) is 0 Å². The van der Waals surface area contributed by atoms with E-state index >= 15 is 0 Å². The van der Waals surface area contributed by atoms with Crippen molar-refractivity contribution in [2.45, 2.75) is 105 Å². The van der Waals surface area contributed by atoms with E-state index in [0.717, 1.165) is 43.7 Å². The summed E-state index contributed by atoms with van der Waals surface area (Å²) < 4.78 is 2.47. The number of aryl methyl sites for hydroxylation is 3. The maximum atomic E-state index is 7.13. The monoisotopic (exact) mass is 554 g/mol. The number of benzene rings is 2. The highest BCUT2D eigenvalue weighted by Gasteiger charge is 2.43. The van der Waals surface area contributed by atoms with Crippen molar-refractivity contribution in [1.82, 2.24) is 0 Å². The highest BCUT2D eigenvalue weighted by Crippen LogP contribution is 2.42. The van der Waals surface area contributed by atoms with Crippen LogP contribution >= 0.6 is 11.6 Å². The van der Waals surface area contributed by atoms with E-state index < -0.39 is 0 Å². The van der Waals surface area contributed by atoms with E-state index in [0.29, 0.717) is 0 Å². The number of halogens is 1. The van der Waals surface area contributed by atoms with Crippen LogP contribution in [0.3, 0.4) is 0 Å². The van der Waals surface area contributed by atoms with Gasteiger partial charge in [-0.3, -0.25) is 0 Å². The van der Waals surface area contributed by atoms with Crippen molar-refractivity contribution in [3.05, 3.63) is 110 Å². The zero-order valence-electron chi connectivity index (χ0n) is 26.3. The molecule has 0 spiro atoms. The Hall–Kier alpha value is -2.64. The van der Waals surface area contributed by atoms with Crippen LogP contribution in [0, 0.1) is 20.8 Å². The first kappa shape index (κ1) is 30.3. The van der Waals surface area contributed by atoms with Crippen LogP contribution < -0.4 is 0 Å². The van der Waals surface area contributed by atoms with Gasteiger partial charge >= 0.3 is 0 Å². The Kier molecular flexibility index (Phi) is 9.15. The van der Waals surface area contributed by atoms with Crippen LogP contribution in [0.4, 0.5) is 5.69 Å². The Morgan fingerprint density at radius 1 is 0.975 bits per heavy atom. The molecule has 0 radical (unpaired) electrons. The quantitative estimate of drug-likeness (QED) is 0.285. The van der Waals surface area contributed by atoms with E-state index in [2.05, 4.69) is 128 Å². The fourth-order valence-electron chi connectivity index (χ4n) is 6.67. The first-order valence-corrected chi connectivity index (χ1v) is 15.6. The van der Waals surface area contributed by atoms with Gasteiger partial charge < -0.3 is 0 Å². The molecule has 0 amide bonds. The summed E-state index contributed by atoms with van der Waals surface area (Å²) in [6.07, 6.45) is 14.7. The standard InChI is InChI=1S/C38H49ClN/c1-10-13-31(37(6,7)32-24-26(3)16-18-28(32)5)21-19-29-14-12-15-30(36(29)39)20-23-35-38(8,9)33-25-27(4)17-22-34(33)40(35)11-2/h16-25H,10-15H2,1-9H3/q+1/b23-20+,29-19+,31-21-. The minimum atomic E-state index is -0.0362. The SMILES string of the molecule is CCC/C(=C/C=C1\CCCC(/C=C/C2=[N+](CC)c3ccc(C)cc3C2(C)C)=C1Cl)C(C)(C)c1cc(C)ccc1C. The maximum Gasteiger partial charge on any atom is 0.209 e. The normalized spacial score (nSPS) is 18.9. The van der Waals surface area contributed by atoms with Crippen molar-refractivity contribution in [2.75, 3.05) is 6.54 Å². The molecule has 0 aromatic heterocycles. The average molecular weight is 555 g/mol. The molecule has 40 heavy (non-hydrogen) atoms. The van der Waals surface area contributed by atoms with E-state index in [4.69, 9.17) is 11.6 Å². The Balaban J connectivity index is 1.69. The van der Waals surface area contributed by atoms with Crippen LogP contribution in [0.5, 0.6) is 0 Å². The lowest BCUT2D eigenvalue weighted by Crippen LogP contribution is -2.27. The summed E-state index contributed by atoms with van der Waals surface area (Å²) in [4.78, 5) is 0. The van der Waals surface area contributed by atoms with Gasteiger partial charge in [0.2, 0.25) is 5.69 Å². The lowest BCUT2D eigenvalue weighted by atomic mass is 9.73. The van der Waals surface area contributed by atoms with E-state index in [9.17, 15) is 0 Å². The summed E-state index contributed by atoms with van der Waals surface area (Å²) in [6.45, 7) is 21.5. The molecule has 1 aliphatic heterocycles. The van der Waals surface area contributed by atoms with Gasteiger partial charge in [0.25, 0.3) is 0 Å². The second-order valence-corrected chi connectivity index (χ2v) is 13.3. The fourth-order valence-corrected chi connectivity index (χ4v) is 6.99. The van der Waals surface area contributed by atoms with Crippen LogP contribution in [0.2, 0.25) is 0 Å². The molecular formula is C38H49ClN+. The molecule has 0 N–H and O–H groups in total. The molecule has 0 fully saturated rings. The molecule has 4 rings (SSSR count). The van der Waals surface area contributed by atoms with Gasteiger partial charge in [0.15, 0.2) is 5.71 Å². The van der Waals surface area contributed by atoms with E-state index in [1.165, 1.54) is 55.9 Å². The van der Waals surface area contributed by atoms with Gasteiger partial charge in [0, 0.05) is 28.2 Å². The summed E-state index contributed by atoms with van der Waals surface area (Å²) in [5.74, 6) is 0. The largest absolute Gasteiger partial charge is 0.209 e. The predicted molar refractivity (Wildman–Crippen MR) is 176 cm³/mol. The topological polar surface area (TPSA) is 3.01 Å². The smallest absolute Gasteiger partial charge is 0.195 e. The fraction of sp³-hybridized carbons (Fsp3) is 0.447. The van der Waals surface area contributed by atoms with E-state index in [1.54, 1.807) is 0 Å². The molecule has 1 nitrogen and oxygen atoms in total. The number of nitrogens with zero attached hydrogens (tertiary/aromatic N) is 1. The molecule has 0 saturated heterocycles. The molecule has 1 heterocycles. The molecule has 2 aromatic rings. The highest BCUT2D eigenvalue weighted by molar-refractivity contribution is 6.32. The Bertz CT molecular complexity index is 1440. The van der Waals surface area contributed by atoms with Gasteiger partial charge in [-0.1, -0.05) is 98.0 Å². The zero-order chi connectivity index (χ0) is 29.2. The van der Waals surface area contributed by atoms with Gasteiger partial charge in [-0.25, -0.2) is 0 Å². The summed E-state index contributed by atoms with van der Waals surface area (Å²) in [5.41, 5.74) is 13.4. The summed E-state index contributed by atoms with van der Waals surface area (Å²) >= 11 is 7.13. The van der Waals surface area contributed by atoms with Gasteiger partial charge in [-0.2, -0.15) is 4.58 Å². The summed E-state index contributed by atoms with van der Waals surface area (Å²) in [7, 11) is 0. The van der Waals surface area contributed by atoms with Crippen molar-refractivity contribution >= 4 is 23.0 Å². The van der Waals surface area contributed by atoms with E-state index in [1.807, 2.05) is 0 Å². The molecule has 0 atom stereocenters. The molecule has 0 unspecified atom stereocenters. The Morgan fingerprint density at radius 3 is 2.38 bits per heavy atom. The van der Waals surface area contributed by atoms with Crippen LogP contribution in [0.15, 0.2) is 82.5 Å². The Labute approximate surface area is 249 Å². The molecule has 2 heteroatoms. The second kappa shape index (κ2) is 12.1. The van der Waals surface area contributed by atoms with Crippen molar-refractivity contribution in [3.63, 3.8) is 0 Å². The lowest BCUT2D eigenvalue weighted by molar-refractivity contribution is -0.433. The highest BCUT2D eigenvalue weighted by atomic mass is 35.5. The molecule has 0 saturated carbocycles. The number of rotatable bonds is 8. The Morgan fingerprint density at radius 2 is 1.68 bits per heavy atom. The maximum absolute atomic E-state index is 7.13. The minimum Gasteiger partial charge on any atom is -0.195 e.